The second-order valence-electron chi connectivity index (χ2n) is 5.61. The Morgan fingerprint density at radius 3 is 2.96 bits per heavy atom. The van der Waals surface area contributed by atoms with Crippen molar-refractivity contribution < 1.29 is 0 Å². The molecule has 0 amide bonds. The van der Waals surface area contributed by atoms with Gasteiger partial charge >= 0.3 is 0 Å². The number of aryl methyl sites for hydroxylation is 2. The van der Waals surface area contributed by atoms with Crippen molar-refractivity contribution in [2.24, 2.45) is 10.7 Å². The monoisotopic (exact) mass is 331 g/mol. The van der Waals surface area contributed by atoms with Crippen LogP contribution in [0.3, 0.4) is 0 Å². The molecule has 1 aromatic heterocycles. The summed E-state index contributed by atoms with van der Waals surface area (Å²) >= 11 is 6.08. The second kappa shape index (κ2) is 6.42. The van der Waals surface area contributed by atoms with Gasteiger partial charge in [-0.2, -0.15) is 4.99 Å². The van der Waals surface area contributed by atoms with E-state index in [0.717, 1.165) is 48.2 Å². The summed E-state index contributed by atoms with van der Waals surface area (Å²) in [4.78, 5) is 23.3. The van der Waals surface area contributed by atoms with Crippen LogP contribution in [-0.2, 0) is 12.8 Å². The van der Waals surface area contributed by atoms with Crippen molar-refractivity contribution in [3.63, 3.8) is 0 Å². The smallest absolute Gasteiger partial charge is 0.255 e. The minimum absolute atomic E-state index is 0.125. The number of aromatic nitrogens is 2. The molecule has 0 bridgehead atoms. The highest BCUT2D eigenvalue weighted by atomic mass is 35.5. The summed E-state index contributed by atoms with van der Waals surface area (Å²) in [6, 6.07) is 5.51. The molecule has 0 saturated carbocycles. The Morgan fingerprint density at radius 2 is 2.17 bits per heavy atom. The maximum atomic E-state index is 12.1. The molecule has 0 atom stereocenters. The standard InChI is InChI=1S/C16H18ClN5O/c1-9-6-7-10(8-12(9)17)19-15(18)22-16-20-13-5-3-2-4-11(13)14(23)21-16/h6-8H,2-5H2,1H3,(H4,18,19,20,21,22,23). The van der Waals surface area contributed by atoms with Gasteiger partial charge in [-0.05, 0) is 50.3 Å². The Kier molecular flexibility index (Phi) is 4.34. The lowest BCUT2D eigenvalue weighted by atomic mass is 9.97. The van der Waals surface area contributed by atoms with Gasteiger partial charge in [0.25, 0.3) is 5.56 Å². The number of nitrogens with two attached hydrogens (primary N) is 1. The second-order valence-corrected chi connectivity index (χ2v) is 6.02. The summed E-state index contributed by atoms with van der Waals surface area (Å²) < 4.78 is 0. The maximum absolute atomic E-state index is 12.1. The predicted octanol–water partition coefficient (Wildman–Crippen LogP) is 2.67. The number of H-pyrrole nitrogens is 1. The summed E-state index contributed by atoms with van der Waals surface area (Å²) in [5, 5.41) is 3.58. The van der Waals surface area contributed by atoms with E-state index in [4.69, 9.17) is 17.3 Å². The Balaban J connectivity index is 1.84. The van der Waals surface area contributed by atoms with Crippen LogP contribution in [0.1, 0.15) is 29.7 Å². The molecule has 23 heavy (non-hydrogen) atoms. The van der Waals surface area contributed by atoms with Gasteiger partial charge in [-0.15, -0.1) is 0 Å². The average molecular weight is 332 g/mol. The molecule has 0 aliphatic heterocycles. The largest absolute Gasteiger partial charge is 0.369 e. The van der Waals surface area contributed by atoms with Gasteiger partial charge in [0, 0.05) is 16.3 Å². The summed E-state index contributed by atoms with van der Waals surface area (Å²) in [5.41, 5.74) is 9.06. The highest BCUT2D eigenvalue weighted by molar-refractivity contribution is 6.31. The molecule has 1 aliphatic rings. The van der Waals surface area contributed by atoms with Crippen LogP contribution in [0.4, 0.5) is 11.6 Å². The van der Waals surface area contributed by atoms with Gasteiger partial charge in [-0.3, -0.25) is 9.78 Å². The van der Waals surface area contributed by atoms with Gasteiger partial charge in [0.05, 0.1) is 5.69 Å². The zero-order chi connectivity index (χ0) is 16.4. The number of nitrogens with zero attached hydrogens (tertiary/aromatic N) is 2. The molecule has 0 unspecified atom stereocenters. The first-order chi connectivity index (χ1) is 11.0. The van der Waals surface area contributed by atoms with Crippen molar-refractivity contribution >= 4 is 29.2 Å². The minimum Gasteiger partial charge on any atom is -0.369 e. The lowest BCUT2D eigenvalue weighted by molar-refractivity contribution is 0.657. The first-order valence-corrected chi connectivity index (χ1v) is 7.90. The van der Waals surface area contributed by atoms with Crippen molar-refractivity contribution in [1.82, 2.24) is 9.97 Å². The van der Waals surface area contributed by atoms with E-state index in [1.54, 1.807) is 6.07 Å². The highest BCUT2D eigenvalue weighted by Gasteiger charge is 2.15. The van der Waals surface area contributed by atoms with E-state index in [1.165, 1.54) is 0 Å². The number of halogens is 1. The zero-order valence-corrected chi connectivity index (χ0v) is 13.6. The number of benzene rings is 1. The van der Waals surface area contributed by atoms with Crippen LogP contribution in [0.25, 0.3) is 0 Å². The summed E-state index contributed by atoms with van der Waals surface area (Å²) in [7, 11) is 0. The van der Waals surface area contributed by atoms with Crippen LogP contribution in [0, 0.1) is 6.92 Å². The van der Waals surface area contributed by atoms with Gasteiger partial charge in [0.2, 0.25) is 11.9 Å². The topological polar surface area (TPSA) is 96.2 Å². The molecule has 7 heteroatoms. The molecule has 0 fully saturated rings. The van der Waals surface area contributed by atoms with Crippen molar-refractivity contribution in [3.8, 4) is 0 Å². The fourth-order valence-corrected chi connectivity index (χ4v) is 2.78. The van der Waals surface area contributed by atoms with Crippen molar-refractivity contribution in [3.05, 3.63) is 50.4 Å². The molecule has 1 aromatic carbocycles. The molecule has 4 N–H and O–H groups in total. The number of fused-ring (bicyclic) bond motifs is 1. The van der Waals surface area contributed by atoms with Crippen LogP contribution in [-0.4, -0.2) is 15.9 Å². The van der Waals surface area contributed by atoms with Crippen molar-refractivity contribution in [2.75, 3.05) is 5.32 Å². The fraction of sp³-hybridized carbons (Fsp3) is 0.312. The van der Waals surface area contributed by atoms with Gasteiger partial charge in [0.1, 0.15) is 0 Å². The third-order valence-corrected chi connectivity index (χ3v) is 4.26. The van der Waals surface area contributed by atoms with Gasteiger partial charge in [0.15, 0.2) is 0 Å². The average Bonchev–Trinajstić information content (AvgIpc) is 2.51. The van der Waals surface area contributed by atoms with Crippen LogP contribution in [0.5, 0.6) is 0 Å². The van der Waals surface area contributed by atoms with E-state index in [9.17, 15) is 4.79 Å². The van der Waals surface area contributed by atoms with E-state index < -0.39 is 0 Å². The molecule has 6 nitrogen and oxygen atoms in total. The summed E-state index contributed by atoms with van der Waals surface area (Å²) in [6.07, 6.45) is 3.65. The van der Waals surface area contributed by atoms with Gasteiger partial charge in [-0.1, -0.05) is 17.7 Å². The van der Waals surface area contributed by atoms with E-state index in [2.05, 4.69) is 20.3 Å². The summed E-state index contributed by atoms with van der Waals surface area (Å²) in [5.74, 6) is 0.364. The molecular formula is C16H18ClN5O. The first-order valence-electron chi connectivity index (χ1n) is 7.52. The third-order valence-electron chi connectivity index (χ3n) is 3.85. The van der Waals surface area contributed by atoms with E-state index in [0.29, 0.717) is 5.02 Å². The fourth-order valence-electron chi connectivity index (χ4n) is 2.60. The minimum atomic E-state index is -0.125. The van der Waals surface area contributed by atoms with E-state index >= 15 is 0 Å². The van der Waals surface area contributed by atoms with Crippen molar-refractivity contribution in [2.45, 2.75) is 32.6 Å². The number of hydrogen-bond donors (Lipinski definition) is 3. The molecular weight excluding hydrogens is 314 g/mol. The Labute approximate surface area is 138 Å². The lowest BCUT2D eigenvalue weighted by Gasteiger charge is -2.13. The number of rotatable bonds is 2. The molecule has 1 heterocycles. The van der Waals surface area contributed by atoms with Crippen LogP contribution in [0.2, 0.25) is 5.02 Å². The SMILES string of the molecule is Cc1ccc(NC(N)=Nc2nc3c(c(=O)[nH]2)CCCC3)cc1Cl. The maximum Gasteiger partial charge on any atom is 0.255 e. The van der Waals surface area contributed by atoms with Crippen LogP contribution < -0.4 is 16.6 Å². The molecule has 2 aromatic rings. The Bertz CT molecular complexity index is 828. The molecule has 120 valence electrons. The Hall–Kier alpha value is -2.34. The molecule has 0 radical (unpaired) electrons. The number of guanidine groups is 1. The number of aliphatic imine (C=N–C) groups is 1. The van der Waals surface area contributed by atoms with Crippen molar-refractivity contribution in [1.29, 1.82) is 0 Å². The summed E-state index contributed by atoms with van der Waals surface area (Å²) in [6.45, 7) is 1.92. The van der Waals surface area contributed by atoms with E-state index in [-0.39, 0.29) is 17.5 Å². The third kappa shape index (κ3) is 3.53. The number of hydrogen-bond acceptors (Lipinski definition) is 3. The predicted molar refractivity (Wildman–Crippen MR) is 92.6 cm³/mol. The molecule has 0 saturated heterocycles. The first kappa shape index (κ1) is 15.6. The molecule has 3 rings (SSSR count). The molecule has 0 spiro atoms. The van der Waals surface area contributed by atoms with Gasteiger partial charge < -0.3 is 11.1 Å². The highest BCUT2D eigenvalue weighted by Crippen LogP contribution is 2.20. The Morgan fingerprint density at radius 1 is 1.39 bits per heavy atom. The normalized spacial score (nSPS) is 14.4. The number of nitrogens with one attached hydrogen (secondary N) is 2. The number of aromatic amines is 1. The van der Waals surface area contributed by atoms with Crippen LogP contribution >= 0.6 is 11.6 Å². The van der Waals surface area contributed by atoms with Crippen LogP contribution in [0.15, 0.2) is 28.0 Å². The lowest BCUT2D eigenvalue weighted by Crippen LogP contribution is -2.24. The number of anilines is 1. The van der Waals surface area contributed by atoms with Gasteiger partial charge in [-0.25, -0.2) is 4.98 Å². The zero-order valence-electron chi connectivity index (χ0n) is 12.8. The van der Waals surface area contributed by atoms with E-state index in [1.807, 2.05) is 19.1 Å². The molecule has 1 aliphatic carbocycles. The quantitative estimate of drug-likeness (QED) is 0.582.